The third-order valence-electron chi connectivity index (χ3n) is 11.7. The maximum Gasteiger partial charge on any atom is 0.408 e. The van der Waals surface area contributed by atoms with Crippen molar-refractivity contribution in [2.75, 3.05) is 11.5 Å². The molecule has 13 heteroatoms. The van der Waals surface area contributed by atoms with E-state index in [2.05, 4.69) is 21.3 Å². The first kappa shape index (κ1) is 52.6. The van der Waals surface area contributed by atoms with E-state index < -0.39 is 69.3 Å². The van der Waals surface area contributed by atoms with Crippen LogP contribution in [-0.4, -0.2) is 56.0 Å². The number of amides is 4. The summed E-state index contributed by atoms with van der Waals surface area (Å²) >= 11 is 0. The van der Waals surface area contributed by atoms with Crippen LogP contribution in [0.1, 0.15) is 72.9 Å². The van der Waals surface area contributed by atoms with Gasteiger partial charge < -0.3 is 30.7 Å². The quantitative estimate of drug-likeness (QED) is 0.0521. The molecule has 0 aromatic heterocycles. The Kier molecular flexibility index (Phi) is 19.5. The molecule has 368 valence electrons. The van der Waals surface area contributed by atoms with Crippen LogP contribution in [0.4, 0.5) is 9.59 Å². The van der Waals surface area contributed by atoms with Crippen molar-refractivity contribution in [3.05, 3.63) is 239 Å². The first-order valence-corrected chi connectivity index (χ1v) is 25.5. The minimum absolute atomic E-state index is 0.00250. The molecule has 0 saturated heterocycles. The summed E-state index contributed by atoms with van der Waals surface area (Å²) in [5, 5.41) is 11.5. The molecule has 0 unspecified atom stereocenters. The Balaban J connectivity index is 1.33. The van der Waals surface area contributed by atoms with Gasteiger partial charge in [-0.1, -0.05) is 210 Å². The highest BCUT2D eigenvalue weighted by molar-refractivity contribution is 7.91. The number of sulfone groups is 1. The van der Waals surface area contributed by atoms with Gasteiger partial charge in [0.2, 0.25) is 11.8 Å². The van der Waals surface area contributed by atoms with Gasteiger partial charge in [-0.25, -0.2) is 18.0 Å². The molecule has 0 bridgehead atoms. The van der Waals surface area contributed by atoms with Crippen molar-refractivity contribution in [1.82, 2.24) is 21.3 Å². The number of allylic oxidation sites excluding steroid dienone is 2. The number of carbonyl (C=O) groups excluding carboxylic acids is 4. The van der Waals surface area contributed by atoms with E-state index in [0.717, 1.165) is 33.4 Å². The number of benzene rings is 6. The van der Waals surface area contributed by atoms with Crippen LogP contribution in [0.15, 0.2) is 206 Å². The van der Waals surface area contributed by atoms with Gasteiger partial charge in [0.15, 0.2) is 9.84 Å². The minimum atomic E-state index is -4.05. The molecule has 2 atom stereocenters. The monoisotopic (exact) mass is 974 g/mol. The second-order valence-corrected chi connectivity index (χ2v) is 19.9. The number of hydrogen-bond donors (Lipinski definition) is 4. The number of alkyl carbamates (subject to hydrolysis) is 2. The van der Waals surface area contributed by atoms with Gasteiger partial charge in [0.25, 0.3) is 0 Å². The Morgan fingerprint density at radius 3 is 0.972 bits per heavy atom. The van der Waals surface area contributed by atoms with Gasteiger partial charge >= 0.3 is 12.2 Å². The van der Waals surface area contributed by atoms with E-state index in [1.807, 2.05) is 182 Å². The summed E-state index contributed by atoms with van der Waals surface area (Å²) < 4.78 is 39.9. The van der Waals surface area contributed by atoms with E-state index >= 15 is 0 Å². The molecule has 0 fully saturated rings. The van der Waals surface area contributed by atoms with Crippen LogP contribution < -0.4 is 21.3 Å². The lowest BCUT2D eigenvalue weighted by molar-refractivity contribution is -0.124. The summed E-state index contributed by atoms with van der Waals surface area (Å²) in [4.78, 5) is 55.0. The first-order valence-electron chi connectivity index (χ1n) is 23.6. The Labute approximate surface area is 417 Å². The van der Waals surface area contributed by atoms with Crippen molar-refractivity contribution in [2.45, 2.75) is 64.8 Å². The predicted molar refractivity (Wildman–Crippen MR) is 277 cm³/mol. The molecule has 0 heterocycles. The third kappa shape index (κ3) is 16.1. The summed E-state index contributed by atoms with van der Waals surface area (Å²) in [6.07, 6.45) is 1.44. The Bertz CT molecular complexity index is 2540. The normalized spacial score (nSPS) is 12.8. The number of nitrogens with one attached hydrogen (secondary N) is 4. The van der Waals surface area contributed by atoms with Crippen LogP contribution in [0.2, 0.25) is 0 Å². The van der Waals surface area contributed by atoms with Crippen molar-refractivity contribution in [2.24, 2.45) is 11.8 Å². The van der Waals surface area contributed by atoms with Gasteiger partial charge in [-0.15, -0.1) is 0 Å². The van der Waals surface area contributed by atoms with Gasteiger partial charge in [-0.05, 0) is 57.4 Å². The van der Waals surface area contributed by atoms with Crippen LogP contribution in [0.3, 0.4) is 0 Å². The molecule has 6 aromatic rings. The topological polar surface area (TPSA) is 169 Å². The molecule has 0 aliphatic carbocycles. The fourth-order valence-corrected chi connectivity index (χ4v) is 8.97. The smallest absolute Gasteiger partial charge is 0.408 e. The molecule has 6 aromatic carbocycles. The van der Waals surface area contributed by atoms with Crippen molar-refractivity contribution in [3.8, 4) is 0 Å². The molecule has 0 radical (unpaired) electrons. The zero-order valence-electron chi connectivity index (χ0n) is 40.4. The summed E-state index contributed by atoms with van der Waals surface area (Å²) in [6, 6.07) is 53.9. The zero-order valence-corrected chi connectivity index (χ0v) is 41.3. The average molecular weight is 975 g/mol. The van der Waals surface area contributed by atoms with E-state index in [4.69, 9.17) is 9.47 Å². The molecule has 0 aliphatic rings. The molecular weight excluding hydrogens is 913 g/mol. The molecular formula is C58H62N4O8S. The summed E-state index contributed by atoms with van der Waals surface area (Å²) in [5.74, 6) is -4.17. The average Bonchev–Trinajstić information content (AvgIpc) is 3.38. The Morgan fingerprint density at radius 2 is 0.704 bits per heavy atom. The molecule has 71 heavy (non-hydrogen) atoms. The standard InChI is InChI=1S/C58H62N4O8S/c1-41(2)53(61-57(65)69-39-43-23-11-5-12-24-43)55(63)59-49(51(45-27-15-7-16-28-45)46-29-17-8-18-30-46)35-37-71(67,68)38-36-50(52(47-31-19-9-20-32-47)48-33-21-10-22-34-48)60-56(64)54(42(3)4)62-58(66)70-40-44-25-13-6-14-26-44/h5-36,41-42,51-54H,37-40H2,1-4H3,(H,59,63)(H,60,64)(H,61,65)(H,62,66)/t53-,54-/m0/s1. The summed E-state index contributed by atoms with van der Waals surface area (Å²) in [5.41, 5.74) is 5.28. The summed E-state index contributed by atoms with van der Waals surface area (Å²) in [6.45, 7) is 7.17. The minimum Gasteiger partial charge on any atom is -0.445 e. The first-order chi connectivity index (χ1) is 34.3. The highest BCUT2D eigenvalue weighted by Gasteiger charge is 2.31. The van der Waals surface area contributed by atoms with Gasteiger partial charge in [0, 0.05) is 23.2 Å². The van der Waals surface area contributed by atoms with E-state index in [0.29, 0.717) is 0 Å². The second-order valence-electron chi connectivity index (χ2n) is 17.7. The number of hydrogen-bond acceptors (Lipinski definition) is 8. The predicted octanol–water partition coefficient (Wildman–Crippen LogP) is 9.97. The Morgan fingerprint density at radius 1 is 0.437 bits per heavy atom. The van der Waals surface area contributed by atoms with Crippen LogP contribution in [0.5, 0.6) is 0 Å². The van der Waals surface area contributed by atoms with Gasteiger partial charge in [-0.2, -0.15) is 0 Å². The highest BCUT2D eigenvalue weighted by Crippen LogP contribution is 2.33. The molecule has 0 spiro atoms. The molecule has 6 rings (SSSR count). The lowest BCUT2D eigenvalue weighted by atomic mass is 9.88. The number of ether oxygens (including phenoxy) is 2. The van der Waals surface area contributed by atoms with Crippen LogP contribution in [0, 0.1) is 11.8 Å². The molecule has 12 nitrogen and oxygen atoms in total. The molecule has 0 aliphatic heterocycles. The zero-order chi connectivity index (χ0) is 50.6. The van der Waals surface area contributed by atoms with E-state index in [-0.39, 0.29) is 36.4 Å². The van der Waals surface area contributed by atoms with Crippen LogP contribution in [0.25, 0.3) is 0 Å². The van der Waals surface area contributed by atoms with Gasteiger partial charge in [0.1, 0.15) is 25.3 Å². The Hall–Kier alpha value is -7.77. The maximum absolute atomic E-state index is 14.5. The van der Waals surface area contributed by atoms with E-state index in [9.17, 15) is 27.6 Å². The number of carbonyl (C=O) groups is 4. The fraction of sp³-hybridized carbons (Fsp3) is 0.241. The second kappa shape index (κ2) is 26.3. The SMILES string of the molecule is CC(C)[C@H](NC(=O)OCc1ccccc1)C(=O)NC(=CCS(=O)(=O)CC=C(NC(=O)[C@@H](NC(=O)OCc1ccccc1)C(C)C)C(c1ccccc1)c1ccccc1)C(c1ccccc1)c1ccccc1. The van der Waals surface area contributed by atoms with Crippen LogP contribution in [-0.2, 0) is 42.1 Å². The van der Waals surface area contributed by atoms with Gasteiger partial charge in [-0.3, -0.25) is 9.59 Å². The number of rotatable bonds is 22. The van der Waals surface area contributed by atoms with Crippen molar-refractivity contribution >= 4 is 33.8 Å². The fourth-order valence-electron chi connectivity index (χ4n) is 7.96. The van der Waals surface area contributed by atoms with Gasteiger partial charge in [0.05, 0.1) is 11.5 Å². The molecule has 4 amide bonds. The van der Waals surface area contributed by atoms with E-state index in [1.54, 1.807) is 27.7 Å². The molecule has 4 N–H and O–H groups in total. The summed E-state index contributed by atoms with van der Waals surface area (Å²) in [7, 11) is -4.05. The van der Waals surface area contributed by atoms with Crippen molar-refractivity contribution in [3.63, 3.8) is 0 Å². The lowest BCUT2D eigenvalue weighted by Crippen LogP contribution is -2.50. The largest absolute Gasteiger partial charge is 0.445 e. The third-order valence-corrected chi connectivity index (χ3v) is 13.0. The van der Waals surface area contributed by atoms with Crippen LogP contribution >= 0.6 is 0 Å². The lowest BCUT2D eigenvalue weighted by Gasteiger charge is -2.27. The van der Waals surface area contributed by atoms with Crippen molar-refractivity contribution in [1.29, 1.82) is 0 Å². The maximum atomic E-state index is 14.5. The van der Waals surface area contributed by atoms with E-state index in [1.165, 1.54) is 12.2 Å². The highest BCUT2D eigenvalue weighted by atomic mass is 32.2. The van der Waals surface area contributed by atoms with Crippen molar-refractivity contribution < 1.29 is 37.1 Å². The molecule has 0 saturated carbocycles.